The second kappa shape index (κ2) is 4.79. The summed E-state index contributed by atoms with van der Waals surface area (Å²) in [7, 11) is 0. The molecule has 6 N–H and O–H groups in total. The molecule has 0 aliphatic heterocycles. The zero-order valence-corrected chi connectivity index (χ0v) is 12.4. The van der Waals surface area contributed by atoms with Crippen molar-refractivity contribution in [2.75, 3.05) is 5.73 Å². The summed E-state index contributed by atoms with van der Waals surface area (Å²) < 4.78 is 2.00. The van der Waals surface area contributed by atoms with E-state index in [0.29, 0.717) is 17.8 Å². The summed E-state index contributed by atoms with van der Waals surface area (Å²) in [5.41, 5.74) is 16.5. The maximum atomic E-state index is 9.84. The first-order chi connectivity index (χ1) is 11.0. The molecule has 0 fully saturated rings. The van der Waals surface area contributed by atoms with Crippen LogP contribution >= 0.6 is 0 Å². The van der Waals surface area contributed by atoms with Crippen molar-refractivity contribution in [3.8, 4) is 17.2 Å². The van der Waals surface area contributed by atoms with Crippen LogP contribution in [0.5, 0.6) is 11.5 Å². The number of benzene rings is 2. The Morgan fingerprint density at radius 3 is 2.52 bits per heavy atom. The Hall–Kier alpha value is -2.92. The van der Waals surface area contributed by atoms with E-state index in [0.717, 1.165) is 22.2 Å². The van der Waals surface area contributed by atoms with Gasteiger partial charge in [0.1, 0.15) is 11.5 Å². The van der Waals surface area contributed by atoms with Crippen LogP contribution < -0.4 is 11.5 Å². The Labute approximate surface area is 133 Å². The minimum absolute atomic E-state index is 0.00940. The van der Waals surface area contributed by atoms with Gasteiger partial charge in [-0.1, -0.05) is 18.2 Å². The van der Waals surface area contributed by atoms with Gasteiger partial charge in [0, 0.05) is 53.0 Å². The summed E-state index contributed by atoms with van der Waals surface area (Å²) >= 11 is 0. The van der Waals surface area contributed by atoms with E-state index in [1.807, 2.05) is 34.9 Å². The van der Waals surface area contributed by atoms with Crippen LogP contribution in [0.2, 0.25) is 0 Å². The van der Waals surface area contributed by atoms with Crippen molar-refractivity contribution in [2.45, 2.75) is 12.5 Å². The summed E-state index contributed by atoms with van der Waals surface area (Å²) in [6.45, 7) is 0. The third kappa shape index (κ3) is 2.13. The van der Waals surface area contributed by atoms with Crippen LogP contribution in [0.15, 0.2) is 42.5 Å². The summed E-state index contributed by atoms with van der Waals surface area (Å²) in [5.74, 6) is 0.0188. The molecule has 2 aromatic carbocycles. The molecule has 1 aliphatic carbocycles. The number of hydrogen-bond donors (Lipinski definition) is 4. The van der Waals surface area contributed by atoms with E-state index in [1.54, 1.807) is 12.1 Å². The highest BCUT2D eigenvalue weighted by atomic mass is 16.3. The molecular weight excluding hydrogens is 290 g/mol. The van der Waals surface area contributed by atoms with Crippen LogP contribution in [0.3, 0.4) is 0 Å². The Morgan fingerprint density at radius 1 is 1.04 bits per heavy atom. The number of aromatic nitrogens is 1. The molecule has 1 unspecified atom stereocenters. The number of hydrogen-bond acceptors (Lipinski definition) is 4. The Balaban J connectivity index is 2.11. The van der Waals surface area contributed by atoms with Crippen molar-refractivity contribution in [3.05, 3.63) is 53.7 Å². The fourth-order valence-electron chi connectivity index (χ4n) is 3.28. The molecule has 0 radical (unpaired) electrons. The molecule has 1 atom stereocenters. The molecule has 116 valence electrons. The SMILES string of the molecule is Nc1ccc2c3c(n(-c4cc(O)cc(O)c4)c2c1)CC(N)C=C3. The lowest BCUT2D eigenvalue weighted by Gasteiger charge is -2.17. The monoisotopic (exact) mass is 307 g/mol. The first-order valence-electron chi connectivity index (χ1n) is 7.43. The van der Waals surface area contributed by atoms with Gasteiger partial charge in [-0.15, -0.1) is 0 Å². The molecule has 3 aromatic rings. The number of aromatic hydroxyl groups is 2. The molecule has 0 bridgehead atoms. The quantitative estimate of drug-likeness (QED) is 0.519. The molecule has 5 nitrogen and oxygen atoms in total. The zero-order chi connectivity index (χ0) is 16.1. The van der Waals surface area contributed by atoms with Crippen LogP contribution in [0.1, 0.15) is 11.3 Å². The third-order valence-corrected chi connectivity index (χ3v) is 4.22. The van der Waals surface area contributed by atoms with Crippen LogP contribution in [-0.4, -0.2) is 20.8 Å². The van der Waals surface area contributed by atoms with Gasteiger partial charge in [-0.25, -0.2) is 0 Å². The van der Waals surface area contributed by atoms with Crippen molar-refractivity contribution in [3.63, 3.8) is 0 Å². The summed E-state index contributed by atoms with van der Waals surface area (Å²) in [6.07, 6.45) is 4.69. The van der Waals surface area contributed by atoms with Crippen LogP contribution in [-0.2, 0) is 6.42 Å². The number of nitrogen functional groups attached to an aromatic ring is 1. The fourth-order valence-corrected chi connectivity index (χ4v) is 3.28. The van der Waals surface area contributed by atoms with Gasteiger partial charge in [-0.05, 0) is 12.1 Å². The van der Waals surface area contributed by atoms with Gasteiger partial charge in [0.05, 0.1) is 11.2 Å². The smallest absolute Gasteiger partial charge is 0.121 e. The Bertz CT molecular complexity index is 936. The lowest BCUT2D eigenvalue weighted by atomic mass is 9.99. The number of nitrogens with zero attached hydrogens (tertiary/aromatic N) is 1. The summed E-state index contributed by atoms with van der Waals surface area (Å²) in [4.78, 5) is 0. The van der Waals surface area contributed by atoms with E-state index in [9.17, 15) is 10.2 Å². The number of fused-ring (bicyclic) bond motifs is 3. The molecule has 0 amide bonds. The Morgan fingerprint density at radius 2 is 1.78 bits per heavy atom. The van der Waals surface area contributed by atoms with E-state index >= 15 is 0 Å². The van der Waals surface area contributed by atoms with E-state index in [-0.39, 0.29) is 17.5 Å². The first kappa shape index (κ1) is 13.7. The lowest BCUT2D eigenvalue weighted by molar-refractivity contribution is 0.450. The first-order valence-corrected chi connectivity index (χ1v) is 7.43. The highest BCUT2D eigenvalue weighted by molar-refractivity contribution is 5.95. The largest absolute Gasteiger partial charge is 0.508 e. The highest BCUT2D eigenvalue weighted by Gasteiger charge is 2.21. The highest BCUT2D eigenvalue weighted by Crippen LogP contribution is 2.36. The van der Waals surface area contributed by atoms with E-state index in [2.05, 4.69) is 0 Å². The number of phenols is 2. The topological polar surface area (TPSA) is 97.4 Å². The number of nitrogens with two attached hydrogens (primary N) is 2. The van der Waals surface area contributed by atoms with Crippen LogP contribution in [0.25, 0.3) is 22.7 Å². The van der Waals surface area contributed by atoms with E-state index < -0.39 is 0 Å². The molecule has 1 heterocycles. The minimum atomic E-state index is -0.0613. The molecule has 1 aliphatic rings. The van der Waals surface area contributed by atoms with Crippen molar-refractivity contribution in [2.24, 2.45) is 5.73 Å². The molecule has 0 spiro atoms. The second-order valence-corrected chi connectivity index (χ2v) is 5.91. The van der Waals surface area contributed by atoms with Gasteiger partial charge in [-0.2, -0.15) is 0 Å². The van der Waals surface area contributed by atoms with Gasteiger partial charge >= 0.3 is 0 Å². The number of phenolic OH excluding ortho intramolecular Hbond substituents is 2. The van der Waals surface area contributed by atoms with Gasteiger partial charge in [0.25, 0.3) is 0 Å². The standard InChI is InChI=1S/C18H17N3O2/c19-10-1-3-15-16-4-2-11(20)6-18(16)21(17(15)5-10)12-7-13(22)9-14(23)8-12/h1-5,7-9,11,22-23H,6,19-20H2. The third-order valence-electron chi connectivity index (χ3n) is 4.22. The summed E-state index contributed by atoms with van der Waals surface area (Å²) in [6, 6.07) is 10.2. The molecule has 5 heteroatoms. The molecule has 4 rings (SSSR count). The van der Waals surface area contributed by atoms with Gasteiger partial charge in [0.2, 0.25) is 0 Å². The number of anilines is 1. The van der Waals surface area contributed by atoms with Crippen molar-refractivity contribution in [1.29, 1.82) is 0 Å². The van der Waals surface area contributed by atoms with Gasteiger partial charge < -0.3 is 26.2 Å². The predicted octanol–water partition coefficient (Wildman–Crippen LogP) is 2.52. The van der Waals surface area contributed by atoms with E-state index in [4.69, 9.17) is 11.5 Å². The van der Waals surface area contributed by atoms with Crippen LogP contribution in [0.4, 0.5) is 5.69 Å². The van der Waals surface area contributed by atoms with Gasteiger partial charge in [-0.3, -0.25) is 0 Å². The number of rotatable bonds is 1. The van der Waals surface area contributed by atoms with Crippen molar-refractivity contribution in [1.82, 2.24) is 4.57 Å². The zero-order valence-electron chi connectivity index (χ0n) is 12.4. The maximum absolute atomic E-state index is 9.84. The predicted molar refractivity (Wildman–Crippen MR) is 91.7 cm³/mol. The molecule has 0 saturated carbocycles. The minimum Gasteiger partial charge on any atom is -0.508 e. The lowest BCUT2D eigenvalue weighted by Crippen LogP contribution is -2.23. The molecule has 23 heavy (non-hydrogen) atoms. The Kier molecular flexibility index (Phi) is 2.86. The average molecular weight is 307 g/mol. The van der Waals surface area contributed by atoms with Crippen molar-refractivity contribution >= 4 is 22.7 Å². The normalized spacial score (nSPS) is 16.7. The average Bonchev–Trinajstić information content (AvgIpc) is 2.78. The molecule has 1 aromatic heterocycles. The van der Waals surface area contributed by atoms with E-state index in [1.165, 1.54) is 6.07 Å². The molecular formula is C18H17N3O2. The maximum Gasteiger partial charge on any atom is 0.121 e. The van der Waals surface area contributed by atoms with Crippen molar-refractivity contribution < 1.29 is 10.2 Å². The van der Waals surface area contributed by atoms with Crippen LogP contribution in [0, 0.1) is 0 Å². The summed E-state index contributed by atoms with van der Waals surface area (Å²) in [5, 5.41) is 20.7. The fraction of sp³-hybridized carbons (Fsp3) is 0.111. The van der Waals surface area contributed by atoms with Gasteiger partial charge in [0.15, 0.2) is 0 Å². The molecule has 0 saturated heterocycles. The second-order valence-electron chi connectivity index (χ2n) is 5.91.